The van der Waals surface area contributed by atoms with Crippen molar-refractivity contribution in [1.82, 2.24) is 14.9 Å². The van der Waals surface area contributed by atoms with Crippen LogP contribution in [0.1, 0.15) is 5.56 Å². The Balaban J connectivity index is 1.66. The lowest BCUT2D eigenvalue weighted by Gasteiger charge is -2.08. The number of hydrogen-bond acceptors (Lipinski definition) is 3. The monoisotopic (exact) mass is 295 g/mol. The van der Waals surface area contributed by atoms with Gasteiger partial charge in [-0.15, -0.1) is 0 Å². The van der Waals surface area contributed by atoms with Crippen molar-refractivity contribution < 1.29 is 9.53 Å². The molecule has 2 heterocycles. The molecule has 0 aliphatic carbocycles. The van der Waals surface area contributed by atoms with Gasteiger partial charge in [0.2, 0.25) is 5.91 Å². The number of benzene rings is 1. The number of amides is 1. The van der Waals surface area contributed by atoms with E-state index >= 15 is 0 Å². The molecule has 2 aromatic heterocycles. The zero-order chi connectivity index (χ0) is 15.4. The lowest BCUT2D eigenvalue weighted by Crippen LogP contribution is -2.26. The van der Waals surface area contributed by atoms with Crippen LogP contribution in [0.5, 0.6) is 5.75 Å². The van der Waals surface area contributed by atoms with Crippen molar-refractivity contribution in [2.24, 2.45) is 0 Å². The molecule has 5 nitrogen and oxygen atoms in total. The van der Waals surface area contributed by atoms with Gasteiger partial charge in [-0.1, -0.05) is 0 Å². The number of ether oxygens (including phenoxy) is 1. The highest BCUT2D eigenvalue weighted by molar-refractivity contribution is 5.84. The summed E-state index contributed by atoms with van der Waals surface area (Å²) < 4.78 is 7.13. The van der Waals surface area contributed by atoms with Crippen molar-refractivity contribution in [2.45, 2.75) is 13.1 Å². The molecule has 0 saturated carbocycles. The fourth-order valence-electron chi connectivity index (χ4n) is 2.35. The van der Waals surface area contributed by atoms with E-state index in [1.54, 1.807) is 19.5 Å². The van der Waals surface area contributed by atoms with Crippen molar-refractivity contribution in [3.05, 3.63) is 60.6 Å². The van der Waals surface area contributed by atoms with Gasteiger partial charge in [-0.25, -0.2) is 0 Å². The van der Waals surface area contributed by atoms with Crippen molar-refractivity contribution >= 4 is 16.8 Å². The zero-order valence-electron chi connectivity index (χ0n) is 12.3. The largest absolute Gasteiger partial charge is 0.497 e. The van der Waals surface area contributed by atoms with Crippen LogP contribution in [0, 0.1) is 0 Å². The number of pyridine rings is 1. The number of nitrogens with zero attached hydrogens (tertiary/aromatic N) is 2. The highest BCUT2D eigenvalue weighted by atomic mass is 16.5. The number of aromatic nitrogens is 2. The van der Waals surface area contributed by atoms with Gasteiger partial charge in [-0.2, -0.15) is 0 Å². The molecule has 3 rings (SSSR count). The molecule has 5 heteroatoms. The Bertz CT molecular complexity index is 781. The first-order valence-corrected chi connectivity index (χ1v) is 7.05. The first kappa shape index (κ1) is 14.1. The molecule has 1 aromatic carbocycles. The van der Waals surface area contributed by atoms with Crippen molar-refractivity contribution in [1.29, 1.82) is 0 Å². The van der Waals surface area contributed by atoms with Gasteiger partial charge in [0.15, 0.2) is 0 Å². The van der Waals surface area contributed by atoms with Crippen LogP contribution in [0.15, 0.2) is 55.0 Å². The Morgan fingerprint density at radius 2 is 2.05 bits per heavy atom. The number of rotatable bonds is 5. The molecular formula is C17H17N3O2. The summed E-state index contributed by atoms with van der Waals surface area (Å²) in [6.45, 7) is 0.801. The van der Waals surface area contributed by atoms with Gasteiger partial charge in [0.25, 0.3) is 0 Å². The minimum Gasteiger partial charge on any atom is -0.497 e. The minimum atomic E-state index is -0.0230. The highest BCUT2D eigenvalue weighted by Crippen LogP contribution is 2.21. The van der Waals surface area contributed by atoms with E-state index in [9.17, 15) is 4.79 Å². The van der Waals surface area contributed by atoms with E-state index in [2.05, 4.69) is 10.3 Å². The van der Waals surface area contributed by atoms with E-state index in [1.165, 1.54) is 0 Å². The number of methoxy groups -OCH3 is 1. The van der Waals surface area contributed by atoms with Gasteiger partial charge < -0.3 is 14.6 Å². The Labute approximate surface area is 128 Å². The third-order valence-corrected chi connectivity index (χ3v) is 3.53. The predicted molar refractivity (Wildman–Crippen MR) is 84.6 cm³/mol. The molecule has 0 atom stereocenters. The smallest absolute Gasteiger partial charge is 0.240 e. The van der Waals surface area contributed by atoms with Gasteiger partial charge in [-0.05, 0) is 42.0 Å². The summed E-state index contributed by atoms with van der Waals surface area (Å²) in [7, 11) is 1.64. The number of fused-ring (bicyclic) bond motifs is 1. The Morgan fingerprint density at radius 1 is 1.23 bits per heavy atom. The van der Waals surface area contributed by atoms with Crippen LogP contribution in [0.3, 0.4) is 0 Å². The average molecular weight is 295 g/mol. The standard InChI is InChI=1S/C17H17N3O2/c1-22-15-2-3-16-14(10-15)6-9-20(16)12-17(21)19-11-13-4-7-18-8-5-13/h2-10H,11-12H2,1H3,(H,19,21). The van der Waals surface area contributed by atoms with E-state index < -0.39 is 0 Å². The fraction of sp³-hybridized carbons (Fsp3) is 0.176. The van der Waals surface area contributed by atoms with Crippen LogP contribution < -0.4 is 10.1 Å². The van der Waals surface area contributed by atoms with E-state index in [0.717, 1.165) is 22.2 Å². The SMILES string of the molecule is COc1ccc2c(ccn2CC(=O)NCc2ccncc2)c1. The first-order valence-electron chi connectivity index (χ1n) is 7.05. The van der Waals surface area contributed by atoms with Gasteiger partial charge >= 0.3 is 0 Å². The molecule has 0 unspecified atom stereocenters. The maximum Gasteiger partial charge on any atom is 0.240 e. The fourth-order valence-corrected chi connectivity index (χ4v) is 2.35. The third-order valence-electron chi connectivity index (χ3n) is 3.53. The topological polar surface area (TPSA) is 56.1 Å². The quantitative estimate of drug-likeness (QED) is 0.786. The number of carbonyl (C=O) groups excluding carboxylic acids is 1. The maximum atomic E-state index is 12.1. The minimum absolute atomic E-state index is 0.0230. The third kappa shape index (κ3) is 3.09. The summed E-state index contributed by atoms with van der Waals surface area (Å²) in [5.41, 5.74) is 2.05. The van der Waals surface area contributed by atoms with Crippen molar-refractivity contribution in [3.63, 3.8) is 0 Å². The second kappa shape index (κ2) is 6.30. The summed E-state index contributed by atoms with van der Waals surface area (Å²) in [4.78, 5) is 16.0. The predicted octanol–water partition coefficient (Wildman–Crippen LogP) is 2.36. The molecule has 112 valence electrons. The summed E-state index contributed by atoms with van der Waals surface area (Å²) in [6, 6.07) is 11.6. The van der Waals surface area contributed by atoms with Crippen LogP contribution in [-0.4, -0.2) is 22.6 Å². The summed E-state index contributed by atoms with van der Waals surface area (Å²) >= 11 is 0. The van der Waals surface area contributed by atoms with Gasteiger partial charge in [0, 0.05) is 36.0 Å². The lowest BCUT2D eigenvalue weighted by atomic mass is 10.2. The molecule has 0 fully saturated rings. The van der Waals surface area contributed by atoms with E-state index in [4.69, 9.17) is 4.74 Å². The molecule has 1 amide bonds. The van der Waals surface area contributed by atoms with Crippen molar-refractivity contribution in [3.8, 4) is 5.75 Å². The number of hydrogen-bond donors (Lipinski definition) is 1. The van der Waals surface area contributed by atoms with E-state index in [1.807, 2.05) is 47.2 Å². The molecule has 0 radical (unpaired) electrons. The van der Waals surface area contributed by atoms with Gasteiger partial charge in [0.05, 0.1) is 7.11 Å². The molecule has 0 bridgehead atoms. The maximum absolute atomic E-state index is 12.1. The molecular weight excluding hydrogens is 278 g/mol. The first-order chi connectivity index (χ1) is 10.8. The molecule has 0 aliphatic heterocycles. The van der Waals surface area contributed by atoms with Crippen LogP contribution in [0.2, 0.25) is 0 Å². The number of carbonyl (C=O) groups is 1. The summed E-state index contributed by atoms with van der Waals surface area (Å²) in [6.07, 6.45) is 5.35. The molecule has 22 heavy (non-hydrogen) atoms. The van der Waals surface area contributed by atoms with Crippen molar-refractivity contribution in [2.75, 3.05) is 7.11 Å². The van der Waals surface area contributed by atoms with Crippen LogP contribution in [0.25, 0.3) is 10.9 Å². The Morgan fingerprint density at radius 3 is 2.82 bits per heavy atom. The normalized spacial score (nSPS) is 10.6. The average Bonchev–Trinajstić information content (AvgIpc) is 2.96. The zero-order valence-corrected chi connectivity index (χ0v) is 12.3. The van der Waals surface area contributed by atoms with E-state index in [0.29, 0.717) is 13.1 Å². The van der Waals surface area contributed by atoms with Crippen LogP contribution >= 0.6 is 0 Å². The second-order valence-corrected chi connectivity index (χ2v) is 5.00. The van der Waals surface area contributed by atoms with Crippen LogP contribution in [-0.2, 0) is 17.9 Å². The molecule has 0 aliphatic rings. The van der Waals surface area contributed by atoms with Gasteiger partial charge in [-0.3, -0.25) is 9.78 Å². The molecule has 1 N–H and O–H groups in total. The highest BCUT2D eigenvalue weighted by Gasteiger charge is 2.07. The number of nitrogens with one attached hydrogen (secondary N) is 1. The Kier molecular flexibility index (Phi) is 4.05. The lowest BCUT2D eigenvalue weighted by molar-refractivity contribution is -0.121. The summed E-state index contributed by atoms with van der Waals surface area (Å²) in [5, 5.41) is 3.97. The summed E-state index contributed by atoms with van der Waals surface area (Å²) in [5.74, 6) is 0.789. The van der Waals surface area contributed by atoms with Gasteiger partial charge in [0.1, 0.15) is 12.3 Å². The molecule has 3 aromatic rings. The van der Waals surface area contributed by atoms with Crippen LogP contribution in [0.4, 0.5) is 0 Å². The molecule has 0 saturated heterocycles. The second-order valence-electron chi connectivity index (χ2n) is 5.00. The molecule has 0 spiro atoms. The van der Waals surface area contributed by atoms with E-state index in [-0.39, 0.29) is 5.91 Å². The Hall–Kier alpha value is -2.82.